The Morgan fingerprint density at radius 3 is 1.86 bits per heavy atom. The van der Waals surface area contributed by atoms with Crippen LogP contribution in [0.4, 0.5) is 0 Å². The summed E-state index contributed by atoms with van der Waals surface area (Å²) in [5.41, 5.74) is 1.26. The molecule has 1 aliphatic heterocycles. The Bertz CT molecular complexity index is 1150. The molecular formula is C28H28O9. The SMILES string of the molecule is COc1ccc(CO[C@@H]2O[C@H](CO)[C@H](OC(=O)c3ccccc3)[C@H](OC(=O)c3ccccc3)[C@H]2O)cc1. The van der Waals surface area contributed by atoms with Gasteiger partial charge in [0.1, 0.15) is 18.0 Å². The molecule has 2 N–H and O–H groups in total. The molecule has 0 saturated carbocycles. The maximum Gasteiger partial charge on any atom is 0.338 e. The van der Waals surface area contributed by atoms with Crippen LogP contribution < -0.4 is 4.74 Å². The second-order valence-corrected chi connectivity index (χ2v) is 8.35. The summed E-state index contributed by atoms with van der Waals surface area (Å²) in [6, 6.07) is 23.5. The van der Waals surface area contributed by atoms with E-state index < -0.39 is 49.3 Å². The third-order valence-corrected chi connectivity index (χ3v) is 5.87. The normalized spacial score (nSPS) is 23.2. The van der Waals surface area contributed by atoms with Crippen molar-refractivity contribution >= 4 is 11.9 Å². The lowest BCUT2D eigenvalue weighted by atomic mass is 9.98. The molecule has 0 spiro atoms. The summed E-state index contributed by atoms with van der Waals surface area (Å²) in [6.07, 6.45) is -6.62. The van der Waals surface area contributed by atoms with Crippen molar-refractivity contribution < 1.29 is 43.5 Å². The number of ether oxygens (including phenoxy) is 5. The third-order valence-electron chi connectivity index (χ3n) is 5.87. The van der Waals surface area contributed by atoms with Crippen LogP contribution in [-0.4, -0.2) is 66.6 Å². The maximum atomic E-state index is 12.9. The second-order valence-electron chi connectivity index (χ2n) is 8.35. The van der Waals surface area contributed by atoms with Gasteiger partial charge in [0.25, 0.3) is 0 Å². The van der Waals surface area contributed by atoms with Gasteiger partial charge in [0.15, 0.2) is 18.5 Å². The Hall–Kier alpha value is -3.76. The molecule has 3 aromatic rings. The first kappa shape index (κ1) is 26.3. The molecule has 1 heterocycles. The van der Waals surface area contributed by atoms with Gasteiger partial charge in [-0.25, -0.2) is 9.59 Å². The molecule has 0 bridgehead atoms. The number of carbonyl (C=O) groups is 2. The van der Waals surface area contributed by atoms with Crippen molar-refractivity contribution in [1.82, 2.24) is 0 Å². The van der Waals surface area contributed by atoms with E-state index in [1.165, 1.54) is 0 Å². The fraction of sp³-hybridized carbons (Fsp3) is 0.286. The number of hydrogen-bond donors (Lipinski definition) is 2. The van der Waals surface area contributed by atoms with E-state index >= 15 is 0 Å². The number of hydrogen-bond acceptors (Lipinski definition) is 9. The predicted octanol–water partition coefficient (Wildman–Crippen LogP) is 2.74. The number of carbonyl (C=O) groups excluding carboxylic acids is 2. The average molecular weight is 509 g/mol. The molecule has 3 aromatic carbocycles. The van der Waals surface area contributed by atoms with E-state index in [-0.39, 0.29) is 17.7 Å². The Morgan fingerprint density at radius 1 is 0.811 bits per heavy atom. The number of rotatable bonds is 9. The van der Waals surface area contributed by atoms with Crippen LogP contribution in [0.5, 0.6) is 5.75 Å². The smallest absolute Gasteiger partial charge is 0.338 e. The first-order chi connectivity index (χ1) is 18.0. The monoisotopic (exact) mass is 508 g/mol. The van der Waals surface area contributed by atoms with Crippen LogP contribution >= 0.6 is 0 Å². The van der Waals surface area contributed by atoms with Gasteiger partial charge in [-0.3, -0.25) is 0 Å². The maximum absolute atomic E-state index is 12.9. The fourth-order valence-electron chi connectivity index (χ4n) is 3.89. The molecule has 37 heavy (non-hydrogen) atoms. The second kappa shape index (κ2) is 12.5. The Kier molecular flexibility index (Phi) is 8.86. The molecule has 4 rings (SSSR count). The summed E-state index contributed by atoms with van der Waals surface area (Å²) in [6.45, 7) is -0.529. The highest BCUT2D eigenvalue weighted by atomic mass is 16.7. The molecular weight excluding hydrogens is 480 g/mol. The molecule has 1 saturated heterocycles. The van der Waals surface area contributed by atoms with E-state index in [0.29, 0.717) is 5.75 Å². The van der Waals surface area contributed by atoms with Crippen LogP contribution in [0.3, 0.4) is 0 Å². The number of esters is 2. The van der Waals surface area contributed by atoms with Crippen molar-refractivity contribution in [3.63, 3.8) is 0 Å². The highest BCUT2D eigenvalue weighted by Crippen LogP contribution is 2.29. The third kappa shape index (κ3) is 6.52. The topological polar surface area (TPSA) is 121 Å². The summed E-state index contributed by atoms with van der Waals surface area (Å²) >= 11 is 0. The minimum atomic E-state index is -1.53. The fourth-order valence-corrected chi connectivity index (χ4v) is 3.89. The van der Waals surface area contributed by atoms with Gasteiger partial charge < -0.3 is 33.9 Å². The molecule has 1 fully saturated rings. The van der Waals surface area contributed by atoms with E-state index in [1.54, 1.807) is 92.0 Å². The van der Waals surface area contributed by atoms with Crippen molar-refractivity contribution in [3.05, 3.63) is 102 Å². The molecule has 0 unspecified atom stereocenters. The first-order valence-electron chi connectivity index (χ1n) is 11.7. The minimum Gasteiger partial charge on any atom is -0.497 e. The summed E-state index contributed by atoms with van der Waals surface area (Å²) in [7, 11) is 1.56. The lowest BCUT2D eigenvalue weighted by molar-refractivity contribution is -0.302. The molecule has 0 aromatic heterocycles. The Labute approximate surface area is 214 Å². The average Bonchev–Trinajstić information content (AvgIpc) is 2.95. The number of aliphatic hydroxyl groups excluding tert-OH is 2. The van der Waals surface area contributed by atoms with Crippen LogP contribution in [0.15, 0.2) is 84.9 Å². The van der Waals surface area contributed by atoms with Crippen molar-refractivity contribution in [2.24, 2.45) is 0 Å². The molecule has 9 nitrogen and oxygen atoms in total. The van der Waals surface area contributed by atoms with Gasteiger partial charge in [0.05, 0.1) is 31.5 Å². The van der Waals surface area contributed by atoms with Crippen molar-refractivity contribution in [2.45, 2.75) is 37.3 Å². The zero-order valence-electron chi connectivity index (χ0n) is 20.1. The number of methoxy groups -OCH3 is 1. The molecule has 5 atom stereocenters. The van der Waals surface area contributed by atoms with Gasteiger partial charge in [0.2, 0.25) is 0 Å². The Morgan fingerprint density at radius 2 is 1.35 bits per heavy atom. The van der Waals surface area contributed by atoms with Crippen LogP contribution in [0.2, 0.25) is 0 Å². The van der Waals surface area contributed by atoms with E-state index in [1.807, 2.05) is 0 Å². The first-order valence-corrected chi connectivity index (χ1v) is 11.7. The van der Waals surface area contributed by atoms with Gasteiger partial charge in [-0.15, -0.1) is 0 Å². The zero-order valence-corrected chi connectivity index (χ0v) is 20.1. The zero-order chi connectivity index (χ0) is 26.2. The molecule has 9 heteroatoms. The highest BCUT2D eigenvalue weighted by molar-refractivity contribution is 5.90. The number of benzene rings is 3. The van der Waals surface area contributed by atoms with Crippen LogP contribution in [0, 0.1) is 0 Å². The molecule has 0 radical (unpaired) electrons. The number of aliphatic hydroxyl groups is 2. The molecule has 0 amide bonds. The van der Waals surface area contributed by atoms with Crippen molar-refractivity contribution in [2.75, 3.05) is 13.7 Å². The standard InChI is InChI=1S/C28H28O9/c1-33-21-14-12-18(13-15-21)17-34-28-23(30)25(37-27(32)20-10-6-3-7-11-20)24(22(16-29)35-28)36-26(31)19-8-4-2-5-9-19/h2-15,22-25,28-30H,16-17H2,1H3/t22-,23-,24+,25-,28-/m1/s1. The molecule has 0 aliphatic carbocycles. The van der Waals surface area contributed by atoms with E-state index in [9.17, 15) is 19.8 Å². The largest absolute Gasteiger partial charge is 0.497 e. The lowest BCUT2D eigenvalue weighted by Crippen LogP contribution is -2.61. The summed E-state index contributed by atoms with van der Waals surface area (Å²) in [5.74, 6) is -0.787. The van der Waals surface area contributed by atoms with Gasteiger partial charge in [-0.05, 0) is 42.0 Å². The van der Waals surface area contributed by atoms with Gasteiger partial charge >= 0.3 is 11.9 Å². The van der Waals surface area contributed by atoms with E-state index in [4.69, 9.17) is 23.7 Å². The minimum absolute atomic E-state index is 0.0533. The lowest BCUT2D eigenvalue weighted by Gasteiger charge is -2.42. The highest BCUT2D eigenvalue weighted by Gasteiger charge is 2.50. The van der Waals surface area contributed by atoms with E-state index in [0.717, 1.165) is 5.56 Å². The Balaban J connectivity index is 1.55. The van der Waals surface area contributed by atoms with E-state index in [2.05, 4.69) is 0 Å². The van der Waals surface area contributed by atoms with Crippen LogP contribution in [0.25, 0.3) is 0 Å². The van der Waals surface area contributed by atoms with Gasteiger partial charge in [0, 0.05) is 0 Å². The summed E-state index contributed by atoms with van der Waals surface area (Å²) in [5, 5.41) is 21.2. The summed E-state index contributed by atoms with van der Waals surface area (Å²) < 4.78 is 27.9. The van der Waals surface area contributed by atoms with Crippen LogP contribution in [0.1, 0.15) is 26.3 Å². The quantitative estimate of drug-likeness (QED) is 0.420. The van der Waals surface area contributed by atoms with Crippen molar-refractivity contribution in [1.29, 1.82) is 0 Å². The molecule has 194 valence electrons. The van der Waals surface area contributed by atoms with Gasteiger partial charge in [-0.1, -0.05) is 48.5 Å². The van der Waals surface area contributed by atoms with Gasteiger partial charge in [-0.2, -0.15) is 0 Å². The van der Waals surface area contributed by atoms with Crippen LogP contribution in [-0.2, 0) is 25.6 Å². The predicted molar refractivity (Wildman–Crippen MR) is 131 cm³/mol. The molecule has 1 aliphatic rings. The summed E-state index contributed by atoms with van der Waals surface area (Å²) in [4.78, 5) is 25.7. The van der Waals surface area contributed by atoms with Crippen molar-refractivity contribution in [3.8, 4) is 5.75 Å².